The van der Waals surface area contributed by atoms with E-state index < -0.39 is 12.1 Å². The van der Waals surface area contributed by atoms with Crippen molar-refractivity contribution in [2.24, 2.45) is 0 Å². The Morgan fingerprint density at radius 2 is 1.95 bits per heavy atom. The molecule has 110 valence electrons. The van der Waals surface area contributed by atoms with E-state index in [1.54, 1.807) is 6.07 Å². The molecule has 0 aliphatic carbocycles. The first kappa shape index (κ1) is 15.6. The molecule has 0 aromatic heterocycles. The second-order valence-electron chi connectivity index (χ2n) is 5.02. The zero-order valence-corrected chi connectivity index (χ0v) is 13.6. The zero-order chi connectivity index (χ0) is 15.4. The number of ether oxygens (including phenoxy) is 1. The lowest BCUT2D eigenvalue weighted by Gasteiger charge is -2.16. The Hall–Kier alpha value is -1.81. The molecule has 0 bridgehead atoms. The SMILES string of the molecule is Cc1ccc(O[C@H](Cc2cccc(Br)c2)C(=O)O)cc1C. The van der Waals surface area contributed by atoms with Crippen molar-refractivity contribution in [1.29, 1.82) is 0 Å². The number of halogens is 1. The van der Waals surface area contributed by atoms with Gasteiger partial charge in [-0.05, 0) is 54.8 Å². The van der Waals surface area contributed by atoms with Crippen molar-refractivity contribution in [2.75, 3.05) is 0 Å². The fourth-order valence-corrected chi connectivity index (χ4v) is 2.46. The van der Waals surface area contributed by atoms with Gasteiger partial charge >= 0.3 is 5.97 Å². The molecule has 0 saturated heterocycles. The summed E-state index contributed by atoms with van der Waals surface area (Å²) in [7, 11) is 0. The van der Waals surface area contributed by atoms with Crippen LogP contribution in [0.3, 0.4) is 0 Å². The molecule has 4 heteroatoms. The summed E-state index contributed by atoms with van der Waals surface area (Å²) in [5.41, 5.74) is 3.15. The standard InChI is InChI=1S/C17H17BrO3/c1-11-6-7-15(8-12(11)2)21-16(17(19)20)10-13-4-3-5-14(18)9-13/h3-9,16H,10H2,1-2H3,(H,19,20)/t16-/m1/s1. The Morgan fingerprint density at radius 1 is 1.19 bits per heavy atom. The van der Waals surface area contributed by atoms with E-state index in [-0.39, 0.29) is 0 Å². The lowest BCUT2D eigenvalue weighted by molar-refractivity contribution is -0.145. The van der Waals surface area contributed by atoms with Crippen molar-refractivity contribution in [3.8, 4) is 5.75 Å². The molecule has 0 aliphatic rings. The van der Waals surface area contributed by atoms with Crippen LogP contribution in [0.25, 0.3) is 0 Å². The average molecular weight is 349 g/mol. The maximum Gasteiger partial charge on any atom is 0.345 e. The summed E-state index contributed by atoms with van der Waals surface area (Å²) < 4.78 is 6.57. The van der Waals surface area contributed by atoms with Crippen LogP contribution in [0.2, 0.25) is 0 Å². The van der Waals surface area contributed by atoms with Gasteiger partial charge in [-0.1, -0.05) is 34.1 Å². The van der Waals surface area contributed by atoms with E-state index in [1.165, 1.54) is 0 Å². The Kier molecular flexibility index (Phi) is 5.02. The molecule has 2 aromatic carbocycles. The van der Waals surface area contributed by atoms with E-state index in [4.69, 9.17) is 4.74 Å². The fraction of sp³-hybridized carbons (Fsp3) is 0.235. The van der Waals surface area contributed by atoms with Crippen LogP contribution in [0.15, 0.2) is 46.9 Å². The average Bonchev–Trinajstić information content (AvgIpc) is 2.42. The summed E-state index contributed by atoms with van der Waals surface area (Å²) in [6.45, 7) is 3.99. The van der Waals surface area contributed by atoms with Crippen molar-refractivity contribution in [2.45, 2.75) is 26.4 Å². The minimum Gasteiger partial charge on any atom is -0.478 e. The number of carboxylic acids is 1. The summed E-state index contributed by atoms with van der Waals surface area (Å²) in [6, 6.07) is 13.2. The maximum atomic E-state index is 11.4. The molecule has 0 fully saturated rings. The zero-order valence-electron chi connectivity index (χ0n) is 12.0. The summed E-state index contributed by atoms with van der Waals surface area (Å²) in [5.74, 6) is -0.381. The second-order valence-corrected chi connectivity index (χ2v) is 5.94. The molecule has 2 rings (SSSR count). The highest BCUT2D eigenvalue weighted by Gasteiger charge is 2.20. The molecule has 0 unspecified atom stereocenters. The first-order valence-corrected chi connectivity index (χ1v) is 7.46. The first-order chi connectivity index (χ1) is 9.95. The highest BCUT2D eigenvalue weighted by molar-refractivity contribution is 9.10. The fourth-order valence-electron chi connectivity index (χ4n) is 2.01. The lowest BCUT2D eigenvalue weighted by Crippen LogP contribution is -2.29. The van der Waals surface area contributed by atoms with Gasteiger partial charge in [0, 0.05) is 10.9 Å². The third-order valence-electron chi connectivity index (χ3n) is 3.34. The number of aryl methyl sites for hydroxylation is 2. The van der Waals surface area contributed by atoms with Gasteiger partial charge in [0.2, 0.25) is 0 Å². The molecule has 0 radical (unpaired) electrons. The van der Waals surface area contributed by atoms with E-state index in [2.05, 4.69) is 15.9 Å². The molecule has 21 heavy (non-hydrogen) atoms. The summed E-state index contributed by atoms with van der Waals surface area (Å²) in [6.07, 6.45) is -0.580. The van der Waals surface area contributed by atoms with Gasteiger partial charge in [-0.25, -0.2) is 4.79 Å². The molecule has 1 atom stereocenters. The molecular formula is C17H17BrO3. The van der Waals surface area contributed by atoms with Gasteiger partial charge in [0.1, 0.15) is 5.75 Å². The van der Waals surface area contributed by atoms with Gasteiger partial charge in [-0.2, -0.15) is 0 Å². The van der Waals surface area contributed by atoms with Gasteiger partial charge < -0.3 is 9.84 Å². The monoisotopic (exact) mass is 348 g/mol. The van der Waals surface area contributed by atoms with Crippen LogP contribution in [0, 0.1) is 13.8 Å². The van der Waals surface area contributed by atoms with Crippen molar-refractivity contribution in [3.05, 3.63) is 63.6 Å². The number of benzene rings is 2. The predicted molar refractivity (Wildman–Crippen MR) is 85.8 cm³/mol. The van der Waals surface area contributed by atoms with Crippen LogP contribution in [0.5, 0.6) is 5.75 Å². The number of aliphatic carboxylic acids is 1. The number of rotatable bonds is 5. The van der Waals surface area contributed by atoms with Crippen LogP contribution in [-0.2, 0) is 11.2 Å². The lowest BCUT2D eigenvalue weighted by atomic mass is 10.1. The normalized spacial score (nSPS) is 12.0. The summed E-state index contributed by atoms with van der Waals surface area (Å²) in [4.78, 5) is 11.4. The van der Waals surface area contributed by atoms with Crippen molar-refractivity contribution in [3.63, 3.8) is 0 Å². The van der Waals surface area contributed by atoms with E-state index in [0.29, 0.717) is 12.2 Å². The highest BCUT2D eigenvalue weighted by atomic mass is 79.9. The van der Waals surface area contributed by atoms with Gasteiger partial charge in [0.05, 0.1) is 0 Å². The van der Waals surface area contributed by atoms with E-state index in [0.717, 1.165) is 21.2 Å². The van der Waals surface area contributed by atoms with Gasteiger partial charge in [0.15, 0.2) is 6.10 Å². The minimum absolute atomic E-state index is 0.321. The van der Waals surface area contributed by atoms with E-state index >= 15 is 0 Å². The third kappa shape index (κ3) is 4.33. The van der Waals surface area contributed by atoms with Gasteiger partial charge in [-0.3, -0.25) is 0 Å². The Balaban J connectivity index is 2.15. The maximum absolute atomic E-state index is 11.4. The van der Waals surface area contributed by atoms with Crippen molar-refractivity contribution < 1.29 is 14.6 Å². The summed E-state index contributed by atoms with van der Waals surface area (Å²) in [5, 5.41) is 9.35. The van der Waals surface area contributed by atoms with Crippen molar-refractivity contribution in [1.82, 2.24) is 0 Å². The highest BCUT2D eigenvalue weighted by Crippen LogP contribution is 2.20. The van der Waals surface area contributed by atoms with E-state index in [9.17, 15) is 9.90 Å². The van der Waals surface area contributed by atoms with Crippen LogP contribution in [0.4, 0.5) is 0 Å². The second kappa shape index (κ2) is 6.76. The quantitative estimate of drug-likeness (QED) is 0.883. The number of hydrogen-bond donors (Lipinski definition) is 1. The van der Waals surface area contributed by atoms with E-state index in [1.807, 2.05) is 50.2 Å². The Labute approximate surface area is 132 Å². The third-order valence-corrected chi connectivity index (χ3v) is 3.84. The number of carboxylic acid groups (broad SMARTS) is 1. The van der Waals surface area contributed by atoms with Crippen LogP contribution in [-0.4, -0.2) is 17.2 Å². The molecule has 0 spiro atoms. The van der Waals surface area contributed by atoms with Crippen LogP contribution in [0.1, 0.15) is 16.7 Å². The van der Waals surface area contributed by atoms with Gasteiger partial charge in [0.25, 0.3) is 0 Å². The largest absolute Gasteiger partial charge is 0.478 e. The molecular weight excluding hydrogens is 332 g/mol. The molecule has 1 N–H and O–H groups in total. The first-order valence-electron chi connectivity index (χ1n) is 6.67. The molecule has 0 aliphatic heterocycles. The smallest absolute Gasteiger partial charge is 0.345 e. The van der Waals surface area contributed by atoms with Gasteiger partial charge in [-0.15, -0.1) is 0 Å². The predicted octanol–water partition coefficient (Wildman–Crippen LogP) is 4.14. The number of hydrogen-bond acceptors (Lipinski definition) is 2. The molecule has 3 nitrogen and oxygen atoms in total. The van der Waals surface area contributed by atoms with Crippen LogP contribution < -0.4 is 4.74 Å². The number of carbonyl (C=O) groups is 1. The van der Waals surface area contributed by atoms with Crippen LogP contribution >= 0.6 is 15.9 Å². The summed E-state index contributed by atoms with van der Waals surface area (Å²) >= 11 is 3.39. The topological polar surface area (TPSA) is 46.5 Å². The van der Waals surface area contributed by atoms with Crippen molar-refractivity contribution >= 4 is 21.9 Å². The molecule has 0 saturated carbocycles. The molecule has 0 amide bonds. The Morgan fingerprint density at radius 3 is 2.57 bits per heavy atom. The Bertz CT molecular complexity index is 652. The minimum atomic E-state index is -0.965. The molecule has 2 aromatic rings. The molecule has 0 heterocycles.